The molecule has 2 aromatic rings. The van der Waals surface area contributed by atoms with Gasteiger partial charge in [0.1, 0.15) is 18.1 Å². The molecule has 4 unspecified atom stereocenters. The molecule has 14 heteroatoms. The van der Waals surface area contributed by atoms with Crippen LogP contribution < -0.4 is 33.2 Å². The number of H-pyrrole nitrogens is 1. The second-order valence-corrected chi connectivity index (χ2v) is 10.1. The SMILES string of the molecule is CSCCC(NC(=O)C(CCCN=C(N)N)NC(=O)C(Cc1c[nH]c2ccccc12)NC(=O)C(C)N)C(=O)O. The predicted molar refractivity (Wildman–Crippen MR) is 152 cm³/mol. The van der Waals surface area contributed by atoms with Crippen LogP contribution in [0, 0.1) is 0 Å². The van der Waals surface area contributed by atoms with Gasteiger partial charge in [-0.15, -0.1) is 0 Å². The van der Waals surface area contributed by atoms with Crippen molar-refractivity contribution < 1.29 is 24.3 Å². The highest BCUT2D eigenvalue weighted by Gasteiger charge is 2.30. The van der Waals surface area contributed by atoms with Gasteiger partial charge in [0.05, 0.1) is 6.04 Å². The number of nitrogens with one attached hydrogen (secondary N) is 4. The van der Waals surface area contributed by atoms with Gasteiger partial charge < -0.3 is 43.2 Å². The van der Waals surface area contributed by atoms with Gasteiger partial charge in [-0.1, -0.05) is 18.2 Å². The third-order valence-electron chi connectivity index (χ3n) is 5.95. The molecule has 0 saturated heterocycles. The molecule has 2 rings (SSSR count). The molecule has 11 N–H and O–H groups in total. The van der Waals surface area contributed by atoms with Crippen LogP contribution in [-0.2, 0) is 25.6 Å². The van der Waals surface area contributed by atoms with Gasteiger partial charge in [-0.05, 0) is 49.8 Å². The van der Waals surface area contributed by atoms with Gasteiger partial charge in [0.15, 0.2) is 5.96 Å². The Morgan fingerprint density at radius 3 is 2.28 bits per heavy atom. The average Bonchev–Trinajstić information content (AvgIpc) is 3.29. The fourth-order valence-corrected chi connectivity index (χ4v) is 4.31. The Hall–Kier alpha value is -3.78. The van der Waals surface area contributed by atoms with Crippen LogP contribution in [0.25, 0.3) is 10.9 Å². The standard InChI is InChI=1S/C25H38N8O5S/c1-14(26)21(34)33-20(12-15-13-30-17-7-4-3-6-16(15)17)23(36)31-18(8-5-10-29-25(27)28)22(35)32-19(24(37)38)9-11-39-2/h3-4,6-7,13-14,18-20,30H,5,8-12,26H2,1-2H3,(H,31,36)(H,32,35)(H,33,34)(H,37,38)(H4,27,28,29). The van der Waals surface area contributed by atoms with E-state index < -0.39 is 47.9 Å². The number of guanidine groups is 1. The predicted octanol–water partition coefficient (Wildman–Crippen LogP) is -0.597. The smallest absolute Gasteiger partial charge is 0.326 e. The molecule has 39 heavy (non-hydrogen) atoms. The molecular formula is C25H38N8O5S. The number of carbonyl (C=O) groups excluding carboxylic acids is 3. The number of amides is 3. The van der Waals surface area contributed by atoms with Gasteiger partial charge in [-0.3, -0.25) is 19.4 Å². The van der Waals surface area contributed by atoms with E-state index in [0.29, 0.717) is 12.2 Å². The summed E-state index contributed by atoms with van der Waals surface area (Å²) in [6, 6.07) is 3.38. The number of carboxylic acid groups (broad SMARTS) is 1. The molecule has 0 radical (unpaired) electrons. The van der Waals surface area contributed by atoms with Crippen LogP contribution in [0.1, 0.15) is 31.7 Å². The first-order valence-electron chi connectivity index (χ1n) is 12.5. The number of hydrogen-bond donors (Lipinski definition) is 8. The lowest BCUT2D eigenvalue weighted by atomic mass is 10.0. The molecule has 13 nitrogen and oxygen atoms in total. The maximum Gasteiger partial charge on any atom is 0.326 e. The number of aromatic nitrogens is 1. The van der Waals surface area contributed by atoms with Crippen LogP contribution in [0.2, 0.25) is 0 Å². The fraction of sp³-hybridized carbons (Fsp3) is 0.480. The molecule has 0 bridgehead atoms. The normalized spacial score (nSPS) is 14.0. The second-order valence-electron chi connectivity index (χ2n) is 9.10. The minimum atomic E-state index is -1.18. The number of para-hydroxylation sites is 1. The molecule has 0 aliphatic carbocycles. The van der Waals surface area contributed by atoms with Crippen LogP contribution in [0.3, 0.4) is 0 Å². The Morgan fingerprint density at radius 2 is 1.64 bits per heavy atom. The summed E-state index contributed by atoms with van der Waals surface area (Å²) in [5, 5.41) is 18.3. The Balaban J connectivity index is 2.27. The molecule has 0 saturated carbocycles. The number of carboxylic acids is 1. The molecule has 0 aliphatic rings. The van der Waals surface area contributed by atoms with Crippen molar-refractivity contribution in [1.29, 1.82) is 0 Å². The highest BCUT2D eigenvalue weighted by atomic mass is 32.2. The summed E-state index contributed by atoms with van der Waals surface area (Å²) < 4.78 is 0. The second kappa shape index (κ2) is 15.6. The first-order chi connectivity index (χ1) is 18.5. The Kier molecular flexibility index (Phi) is 12.6. The first kappa shape index (κ1) is 31.4. The van der Waals surface area contributed by atoms with Crippen molar-refractivity contribution in [2.75, 3.05) is 18.6 Å². The summed E-state index contributed by atoms with van der Waals surface area (Å²) in [6.45, 7) is 1.70. The molecule has 1 aromatic carbocycles. The van der Waals surface area contributed by atoms with Gasteiger partial charge in [0, 0.05) is 30.1 Å². The largest absolute Gasteiger partial charge is 0.480 e. The molecule has 3 amide bonds. The van der Waals surface area contributed by atoms with Crippen LogP contribution >= 0.6 is 11.8 Å². The highest BCUT2D eigenvalue weighted by molar-refractivity contribution is 7.98. The Morgan fingerprint density at radius 1 is 1.00 bits per heavy atom. The Bertz CT molecular complexity index is 1160. The van der Waals surface area contributed by atoms with Crippen molar-refractivity contribution in [3.05, 3.63) is 36.0 Å². The van der Waals surface area contributed by atoms with Gasteiger partial charge in [-0.25, -0.2) is 4.79 Å². The third kappa shape index (κ3) is 10.1. The lowest BCUT2D eigenvalue weighted by Crippen LogP contribution is -2.57. The highest BCUT2D eigenvalue weighted by Crippen LogP contribution is 2.19. The van der Waals surface area contributed by atoms with Crippen LogP contribution in [0.5, 0.6) is 0 Å². The average molecular weight is 563 g/mol. The summed E-state index contributed by atoms with van der Waals surface area (Å²) in [5.74, 6) is -2.58. The maximum absolute atomic E-state index is 13.5. The molecular weight excluding hydrogens is 524 g/mol. The first-order valence-corrected chi connectivity index (χ1v) is 13.9. The number of fused-ring (bicyclic) bond motifs is 1. The van der Waals surface area contributed by atoms with Crippen molar-refractivity contribution in [3.8, 4) is 0 Å². The number of carbonyl (C=O) groups is 4. The molecule has 0 fully saturated rings. The fourth-order valence-electron chi connectivity index (χ4n) is 3.84. The zero-order chi connectivity index (χ0) is 28.9. The number of nitrogens with two attached hydrogens (primary N) is 3. The number of aliphatic carboxylic acids is 1. The van der Waals surface area contributed by atoms with Crippen molar-refractivity contribution in [3.63, 3.8) is 0 Å². The topological polar surface area (TPSA) is 231 Å². The maximum atomic E-state index is 13.5. The minimum absolute atomic E-state index is 0.111. The number of rotatable bonds is 16. The molecule has 214 valence electrons. The zero-order valence-corrected chi connectivity index (χ0v) is 22.9. The number of nitrogens with zero attached hydrogens (tertiary/aromatic N) is 1. The van der Waals surface area contributed by atoms with Gasteiger partial charge in [0.2, 0.25) is 17.7 Å². The number of thioether (sulfide) groups is 1. The number of benzene rings is 1. The minimum Gasteiger partial charge on any atom is -0.480 e. The monoisotopic (exact) mass is 562 g/mol. The summed E-state index contributed by atoms with van der Waals surface area (Å²) in [6.07, 6.45) is 4.39. The summed E-state index contributed by atoms with van der Waals surface area (Å²) >= 11 is 1.45. The number of aromatic amines is 1. The van der Waals surface area contributed by atoms with E-state index in [-0.39, 0.29) is 31.8 Å². The van der Waals surface area contributed by atoms with Crippen LogP contribution in [0.15, 0.2) is 35.5 Å². The van der Waals surface area contributed by atoms with Gasteiger partial charge >= 0.3 is 5.97 Å². The molecule has 0 aliphatic heterocycles. The molecule has 1 aromatic heterocycles. The summed E-state index contributed by atoms with van der Waals surface area (Å²) in [7, 11) is 0. The van der Waals surface area contributed by atoms with E-state index in [1.807, 2.05) is 30.5 Å². The van der Waals surface area contributed by atoms with E-state index in [9.17, 15) is 24.3 Å². The van der Waals surface area contributed by atoms with E-state index in [1.165, 1.54) is 18.7 Å². The van der Waals surface area contributed by atoms with E-state index in [0.717, 1.165) is 16.5 Å². The lowest BCUT2D eigenvalue weighted by molar-refractivity contribution is -0.142. The number of aliphatic imine (C=N–C) groups is 1. The third-order valence-corrected chi connectivity index (χ3v) is 6.59. The number of hydrogen-bond acceptors (Lipinski definition) is 7. The molecule has 0 spiro atoms. The van der Waals surface area contributed by atoms with Gasteiger partial charge in [-0.2, -0.15) is 11.8 Å². The molecule has 4 atom stereocenters. The summed E-state index contributed by atoms with van der Waals surface area (Å²) in [5.41, 5.74) is 18.1. The van der Waals surface area contributed by atoms with Crippen LogP contribution in [-0.4, -0.2) is 82.5 Å². The Labute approximate surface area is 231 Å². The van der Waals surface area contributed by atoms with Crippen molar-refractivity contribution >= 4 is 52.3 Å². The quantitative estimate of drug-likeness (QED) is 0.0740. The van der Waals surface area contributed by atoms with E-state index in [2.05, 4.69) is 25.9 Å². The van der Waals surface area contributed by atoms with Crippen molar-refractivity contribution in [2.24, 2.45) is 22.2 Å². The lowest BCUT2D eigenvalue weighted by Gasteiger charge is -2.25. The van der Waals surface area contributed by atoms with E-state index >= 15 is 0 Å². The van der Waals surface area contributed by atoms with Crippen LogP contribution in [0.4, 0.5) is 0 Å². The molecule has 1 heterocycles. The zero-order valence-electron chi connectivity index (χ0n) is 22.1. The van der Waals surface area contributed by atoms with Gasteiger partial charge in [0.25, 0.3) is 0 Å². The van der Waals surface area contributed by atoms with E-state index in [1.54, 1.807) is 6.20 Å². The summed E-state index contributed by atoms with van der Waals surface area (Å²) in [4.78, 5) is 57.8. The van der Waals surface area contributed by atoms with E-state index in [4.69, 9.17) is 17.2 Å². The van der Waals surface area contributed by atoms with Crippen molar-refractivity contribution in [1.82, 2.24) is 20.9 Å². The van der Waals surface area contributed by atoms with Crippen molar-refractivity contribution in [2.45, 2.75) is 56.8 Å².